The van der Waals surface area contributed by atoms with Crippen molar-refractivity contribution in [2.24, 2.45) is 0 Å². The van der Waals surface area contributed by atoms with Gasteiger partial charge in [0.2, 0.25) is 0 Å². The van der Waals surface area contributed by atoms with Crippen molar-refractivity contribution in [1.29, 1.82) is 0 Å². The smallest absolute Gasteiger partial charge is 0.308 e. The van der Waals surface area contributed by atoms with Gasteiger partial charge in [-0.15, -0.1) is 0 Å². The molecule has 0 saturated carbocycles. The molecule has 2 rings (SSSR count). The van der Waals surface area contributed by atoms with Crippen LogP contribution in [0.4, 0.5) is 0 Å². The predicted molar refractivity (Wildman–Crippen MR) is 166 cm³/mol. The second kappa shape index (κ2) is 22.2. The van der Waals surface area contributed by atoms with Gasteiger partial charge in [-0.2, -0.15) is 0 Å². The Morgan fingerprint density at radius 1 is 0.652 bits per heavy atom. The van der Waals surface area contributed by atoms with Crippen LogP contribution in [0.15, 0.2) is 0 Å². The van der Waals surface area contributed by atoms with Crippen molar-refractivity contribution in [1.82, 2.24) is 0 Å². The SMILES string of the molecule is CCCCCCCC(CC(=O)O)OC(=O)CC(CCCCCCC)OC1O[C@@H](C)[C@H](O)[C@@H](OC2O[C@@H](C)[C@H](O)[C@@H](O)[C@H]2O)[C@H]1O.O. The fourth-order valence-electron chi connectivity index (χ4n) is 5.73. The summed E-state index contributed by atoms with van der Waals surface area (Å²) in [5.74, 6) is -1.66. The molecule has 2 aliphatic heterocycles. The highest BCUT2D eigenvalue weighted by Gasteiger charge is 2.50. The third-order valence-electron chi connectivity index (χ3n) is 8.56. The fraction of sp³-hybridized carbons (Fsp3) is 0.938. The highest BCUT2D eigenvalue weighted by Crippen LogP contribution is 2.31. The van der Waals surface area contributed by atoms with Crippen LogP contribution < -0.4 is 0 Å². The van der Waals surface area contributed by atoms with Crippen molar-refractivity contribution in [2.75, 3.05) is 0 Å². The Morgan fingerprint density at radius 3 is 1.74 bits per heavy atom. The molecule has 0 aliphatic carbocycles. The number of aliphatic hydroxyl groups is 5. The summed E-state index contributed by atoms with van der Waals surface area (Å²) in [5, 5.41) is 61.9. The zero-order chi connectivity index (χ0) is 33.5. The Kier molecular flexibility index (Phi) is 20.6. The normalized spacial score (nSPS) is 32.7. The molecule has 0 radical (unpaired) electrons. The van der Waals surface area contributed by atoms with Gasteiger partial charge in [-0.3, -0.25) is 9.59 Å². The average Bonchev–Trinajstić information content (AvgIpc) is 2.98. The van der Waals surface area contributed by atoms with Gasteiger partial charge in [0.15, 0.2) is 12.6 Å². The van der Waals surface area contributed by atoms with E-state index in [-0.39, 0.29) is 18.3 Å². The van der Waals surface area contributed by atoms with Crippen LogP contribution in [-0.2, 0) is 33.3 Å². The number of carboxylic acid groups (broad SMARTS) is 1. The molecule has 272 valence electrons. The molecule has 2 fully saturated rings. The van der Waals surface area contributed by atoms with E-state index in [0.717, 1.165) is 64.2 Å². The molecule has 0 amide bonds. The summed E-state index contributed by atoms with van der Waals surface area (Å²) in [4.78, 5) is 24.5. The van der Waals surface area contributed by atoms with Crippen LogP contribution in [0.1, 0.15) is 118 Å². The molecule has 0 aromatic carbocycles. The molecule has 14 nitrogen and oxygen atoms in total. The summed E-state index contributed by atoms with van der Waals surface area (Å²) in [6.07, 6.45) is -4.87. The van der Waals surface area contributed by atoms with Crippen molar-refractivity contribution in [3.8, 4) is 0 Å². The zero-order valence-corrected chi connectivity index (χ0v) is 27.9. The number of ether oxygens (including phenoxy) is 5. The summed E-state index contributed by atoms with van der Waals surface area (Å²) in [6, 6.07) is 0. The molecule has 46 heavy (non-hydrogen) atoms. The van der Waals surface area contributed by atoms with Crippen LogP contribution in [0.3, 0.4) is 0 Å². The maximum atomic E-state index is 13.1. The van der Waals surface area contributed by atoms with Gasteiger partial charge in [0.05, 0.1) is 31.2 Å². The lowest BCUT2D eigenvalue weighted by Crippen LogP contribution is -2.63. The number of unbranched alkanes of at least 4 members (excludes halogenated alkanes) is 8. The number of aliphatic hydroxyl groups excluding tert-OH is 5. The number of rotatable bonds is 21. The van der Waals surface area contributed by atoms with Crippen LogP contribution in [0.25, 0.3) is 0 Å². The van der Waals surface area contributed by atoms with Crippen molar-refractivity contribution < 1.29 is 69.4 Å². The van der Waals surface area contributed by atoms with E-state index >= 15 is 0 Å². The Balaban J connectivity index is 0.0000106. The molecule has 0 aromatic heterocycles. The summed E-state index contributed by atoms with van der Waals surface area (Å²) in [5.41, 5.74) is 0. The summed E-state index contributed by atoms with van der Waals surface area (Å²) >= 11 is 0. The number of carboxylic acids is 1. The minimum Gasteiger partial charge on any atom is -0.481 e. The quantitative estimate of drug-likeness (QED) is 0.0756. The van der Waals surface area contributed by atoms with Crippen molar-refractivity contribution in [3.05, 3.63) is 0 Å². The number of aliphatic carboxylic acids is 1. The van der Waals surface area contributed by atoms with Gasteiger partial charge in [0, 0.05) is 0 Å². The number of hydrogen-bond donors (Lipinski definition) is 6. The highest BCUT2D eigenvalue weighted by atomic mass is 16.7. The molecule has 8 N–H and O–H groups in total. The molecular weight excluding hydrogens is 608 g/mol. The monoisotopic (exact) mass is 668 g/mol. The van der Waals surface area contributed by atoms with E-state index in [9.17, 15) is 40.2 Å². The van der Waals surface area contributed by atoms with Gasteiger partial charge in [-0.25, -0.2) is 0 Å². The van der Waals surface area contributed by atoms with Gasteiger partial charge in [-0.1, -0.05) is 71.6 Å². The van der Waals surface area contributed by atoms with E-state index in [2.05, 4.69) is 13.8 Å². The summed E-state index contributed by atoms with van der Waals surface area (Å²) < 4.78 is 28.7. The first-order chi connectivity index (χ1) is 21.4. The lowest BCUT2D eigenvalue weighted by molar-refractivity contribution is -0.358. The van der Waals surface area contributed by atoms with Crippen LogP contribution in [0.5, 0.6) is 0 Å². The second-order valence-electron chi connectivity index (χ2n) is 12.6. The molecule has 12 atom stereocenters. The molecule has 4 unspecified atom stereocenters. The summed E-state index contributed by atoms with van der Waals surface area (Å²) in [6.45, 7) is 7.25. The topological polar surface area (TPSA) is 233 Å². The predicted octanol–water partition coefficient (Wildman–Crippen LogP) is 1.72. The first-order valence-corrected chi connectivity index (χ1v) is 16.8. The van der Waals surface area contributed by atoms with Gasteiger partial charge in [0.1, 0.15) is 42.7 Å². The largest absolute Gasteiger partial charge is 0.481 e. The number of hydrogen-bond acceptors (Lipinski definition) is 12. The van der Waals surface area contributed by atoms with E-state index in [1.165, 1.54) is 6.92 Å². The van der Waals surface area contributed by atoms with Gasteiger partial charge < -0.3 is 59.8 Å². The lowest BCUT2D eigenvalue weighted by atomic mass is 9.97. The lowest BCUT2D eigenvalue weighted by Gasteiger charge is -2.46. The van der Waals surface area contributed by atoms with Crippen molar-refractivity contribution in [3.63, 3.8) is 0 Å². The molecule has 0 spiro atoms. The Labute approximate surface area is 272 Å². The summed E-state index contributed by atoms with van der Waals surface area (Å²) in [7, 11) is 0. The fourth-order valence-corrected chi connectivity index (χ4v) is 5.73. The minimum atomic E-state index is -1.65. The number of carbonyl (C=O) groups is 2. The van der Waals surface area contributed by atoms with Crippen LogP contribution in [-0.4, -0.2) is 122 Å². The van der Waals surface area contributed by atoms with E-state index < -0.39 is 85.6 Å². The minimum absolute atomic E-state index is 0. The molecule has 2 heterocycles. The maximum absolute atomic E-state index is 13.1. The van der Waals surface area contributed by atoms with E-state index in [1.807, 2.05) is 0 Å². The molecule has 0 bridgehead atoms. The Hall–Kier alpha value is -1.46. The average molecular weight is 669 g/mol. The standard InChI is InChI=1S/C32H58O13.H2O/c1-5-7-9-11-13-15-21(17-23(33)34)43-24(35)18-22(16-14-12-10-8-6-2)44-32-29(40)30(26(37)20(4)42-32)45-31-28(39)27(38)25(36)19(3)41-31;/h19-22,25-32,36-40H,5-18H2,1-4H3,(H,33,34);1H2/t19-,20-,21?,22?,25-,26-,27+,28+,29+,30+,31?,32?;/m0./s1. The third kappa shape index (κ3) is 14.0. The van der Waals surface area contributed by atoms with Gasteiger partial charge >= 0.3 is 11.9 Å². The second-order valence-corrected chi connectivity index (χ2v) is 12.6. The van der Waals surface area contributed by atoms with E-state index in [0.29, 0.717) is 12.8 Å². The number of esters is 1. The van der Waals surface area contributed by atoms with E-state index in [4.69, 9.17) is 23.7 Å². The first kappa shape index (κ1) is 42.6. The molecule has 14 heteroatoms. The molecule has 0 aromatic rings. The van der Waals surface area contributed by atoms with Gasteiger partial charge in [-0.05, 0) is 33.1 Å². The first-order valence-electron chi connectivity index (χ1n) is 16.8. The highest BCUT2D eigenvalue weighted by molar-refractivity contribution is 5.72. The van der Waals surface area contributed by atoms with Crippen LogP contribution >= 0.6 is 0 Å². The molecule has 2 saturated heterocycles. The van der Waals surface area contributed by atoms with Crippen molar-refractivity contribution in [2.45, 2.75) is 191 Å². The van der Waals surface area contributed by atoms with Crippen molar-refractivity contribution >= 4 is 11.9 Å². The molecule has 2 aliphatic rings. The van der Waals surface area contributed by atoms with Crippen LogP contribution in [0, 0.1) is 0 Å². The number of carbonyl (C=O) groups excluding carboxylic acids is 1. The Bertz CT molecular complexity index is 846. The zero-order valence-electron chi connectivity index (χ0n) is 27.9. The Morgan fingerprint density at radius 2 is 1.17 bits per heavy atom. The van der Waals surface area contributed by atoms with E-state index in [1.54, 1.807) is 6.92 Å². The van der Waals surface area contributed by atoms with Crippen LogP contribution in [0.2, 0.25) is 0 Å². The third-order valence-corrected chi connectivity index (χ3v) is 8.56. The van der Waals surface area contributed by atoms with Gasteiger partial charge in [0.25, 0.3) is 0 Å². The molecular formula is C32H60O14. The maximum Gasteiger partial charge on any atom is 0.308 e.